The highest BCUT2D eigenvalue weighted by Crippen LogP contribution is 2.21. The molecule has 132 valence electrons. The summed E-state index contributed by atoms with van der Waals surface area (Å²) >= 11 is 0. The van der Waals surface area contributed by atoms with Gasteiger partial charge in [-0.05, 0) is 25.8 Å². The van der Waals surface area contributed by atoms with Crippen LogP contribution in [0.3, 0.4) is 0 Å². The van der Waals surface area contributed by atoms with Crippen molar-refractivity contribution in [2.24, 2.45) is 5.92 Å². The number of likely N-dealkylation sites (tertiary alicyclic amines) is 1. The first-order valence-corrected chi connectivity index (χ1v) is 8.44. The highest BCUT2D eigenvalue weighted by atomic mass is 16.5. The quantitative estimate of drug-likeness (QED) is 0.754. The molecule has 0 N–H and O–H groups in total. The third kappa shape index (κ3) is 4.07. The van der Waals surface area contributed by atoms with E-state index in [2.05, 4.69) is 5.16 Å². The Morgan fingerprint density at radius 2 is 2.08 bits per heavy atom. The summed E-state index contributed by atoms with van der Waals surface area (Å²) in [5.74, 6) is -0.0770. The smallest absolute Gasteiger partial charge is 0.311 e. The molecule has 0 unspecified atom stereocenters. The molecule has 0 aliphatic carbocycles. The summed E-state index contributed by atoms with van der Waals surface area (Å²) in [6, 6.07) is 10.0. The lowest BCUT2D eigenvalue weighted by molar-refractivity contribution is -0.149. The Bertz CT molecular complexity index is 735. The lowest BCUT2D eigenvalue weighted by atomic mass is 10.1. The lowest BCUT2D eigenvalue weighted by Gasteiger charge is -2.16. The monoisotopic (exact) mass is 342 g/mol. The Kier molecular flexibility index (Phi) is 5.16. The zero-order valence-corrected chi connectivity index (χ0v) is 14.5. The summed E-state index contributed by atoms with van der Waals surface area (Å²) in [4.78, 5) is 26.2. The largest absolute Gasteiger partial charge is 0.460 e. The molecule has 0 bridgehead atoms. The van der Waals surface area contributed by atoms with Gasteiger partial charge in [0.1, 0.15) is 12.4 Å². The van der Waals surface area contributed by atoms with Crippen LogP contribution in [0.1, 0.15) is 29.0 Å². The summed E-state index contributed by atoms with van der Waals surface area (Å²) in [6.45, 7) is 4.77. The fraction of sp³-hybridized carbons (Fsp3) is 0.421. The van der Waals surface area contributed by atoms with Gasteiger partial charge in [0.15, 0.2) is 0 Å². The first-order chi connectivity index (χ1) is 12.0. The van der Waals surface area contributed by atoms with Crippen molar-refractivity contribution in [3.63, 3.8) is 0 Å². The van der Waals surface area contributed by atoms with E-state index in [1.54, 1.807) is 11.8 Å². The number of carbonyl (C=O) groups is 2. The van der Waals surface area contributed by atoms with Gasteiger partial charge in [-0.25, -0.2) is 0 Å². The Hall–Kier alpha value is -2.63. The Balaban J connectivity index is 1.50. The molecule has 3 rings (SSSR count). The van der Waals surface area contributed by atoms with Crippen molar-refractivity contribution in [2.75, 3.05) is 13.1 Å². The third-order valence-electron chi connectivity index (χ3n) is 4.60. The van der Waals surface area contributed by atoms with E-state index in [0.717, 1.165) is 17.7 Å². The van der Waals surface area contributed by atoms with Gasteiger partial charge < -0.3 is 14.2 Å². The molecule has 0 radical (unpaired) electrons. The normalized spacial score (nSPS) is 17.1. The van der Waals surface area contributed by atoms with Crippen LogP contribution in [-0.2, 0) is 27.4 Å². The summed E-state index contributed by atoms with van der Waals surface area (Å²) in [5, 5.41) is 3.84. The Labute approximate surface area is 146 Å². The predicted molar refractivity (Wildman–Crippen MR) is 90.6 cm³/mol. The van der Waals surface area contributed by atoms with E-state index in [4.69, 9.17) is 9.26 Å². The molecule has 0 spiro atoms. The number of aryl methyl sites for hydroxylation is 2. The van der Waals surface area contributed by atoms with E-state index in [1.807, 2.05) is 37.3 Å². The van der Waals surface area contributed by atoms with Crippen LogP contribution < -0.4 is 0 Å². The highest BCUT2D eigenvalue weighted by Gasteiger charge is 2.35. The molecule has 25 heavy (non-hydrogen) atoms. The minimum Gasteiger partial charge on any atom is -0.460 e. The van der Waals surface area contributed by atoms with E-state index in [0.29, 0.717) is 18.8 Å². The number of hydrogen-bond acceptors (Lipinski definition) is 5. The van der Waals surface area contributed by atoms with Gasteiger partial charge >= 0.3 is 5.97 Å². The molecule has 1 aromatic carbocycles. The summed E-state index contributed by atoms with van der Waals surface area (Å²) in [7, 11) is 0. The summed E-state index contributed by atoms with van der Waals surface area (Å²) in [5.41, 5.74) is 2.69. The van der Waals surface area contributed by atoms with E-state index in [9.17, 15) is 9.59 Å². The highest BCUT2D eigenvalue weighted by molar-refractivity contribution is 5.86. The maximum Gasteiger partial charge on any atom is 0.311 e. The van der Waals surface area contributed by atoms with Gasteiger partial charge in [-0.1, -0.05) is 35.5 Å². The molecule has 2 heterocycles. The number of hydrogen-bond donors (Lipinski definition) is 0. The van der Waals surface area contributed by atoms with Crippen LogP contribution in [0.25, 0.3) is 0 Å². The van der Waals surface area contributed by atoms with Gasteiger partial charge in [0.2, 0.25) is 5.91 Å². The minimum absolute atomic E-state index is 0.00946. The molecule has 1 atom stereocenters. The van der Waals surface area contributed by atoms with E-state index >= 15 is 0 Å². The van der Waals surface area contributed by atoms with Crippen molar-refractivity contribution in [1.82, 2.24) is 10.1 Å². The molecular weight excluding hydrogens is 320 g/mol. The number of esters is 1. The van der Waals surface area contributed by atoms with Gasteiger partial charge in [-0.15, -0.1) is 0 Å². The molecule has 1 fully saturated rings. The third-order valence-corrected chi connectivity index (χ3v) is 4.60. The fourth-order valence-corrected chi connectivity index (χ4v) is 3.02. The molecule has 1 saturated heterocycles. The number of amides is 1. The molecule has 1 amide bonds. The van der Waals surface area contributed by atoms with E-state index < -0.39 is 5.92 Å². The molecule has 2 aromatic rings. The first-order valence-electron chi connectivity index (χ1n) is 8.44. The van der Waals surface area contributed by atoms with Crippen LogP contribution in [0.15, 0.2) is 34.9 Å². The molecule has 6 nitrogen and oxygen atoms in total. The van der Waals surface area contributed by atoms with E-state index in [-0.39, 0.29) is 24.9 Å². The molecule has 0 saturated carbocycles. The number of rotatable bonds is 6. The van der Waals surface area contributed by atoms with Gasteiger partial charge in [0, 0.05) is 19.5 Å². The summed E-state index contributed by atoms with van der Waals surface area (Å²) < 4.78 is 10.4. The van der Waals surface area contributed by atoms with Gasteiger partial charge in [0.05, 0.1) is 17.2 Å². The number of carbonyl (C=O) groups excluding carboxylic acids is 2. The SMILES string of the molecule is Cc1noc(C)c1COC(=O)[C@@H]1CC(=O)N(CCc2ccccc2)C1. The zero-order valence-electron chi connectivity index (χ0n) is 14.5. The zero-order chi connectivity index (χ0) is 17.8. The average molecular weight is 342 g/mol. The Morgan fingerprint density at radius 3 is 2.76 bits per heavy atom. The Morgan fingerprint density at radius 1 is 1.32 bits per heavy atom. The minimum atomic E-state index is -0.399. The van der Waals surface area contributed by atoms with Crippen LogP contribution in [-0.4, -0.2) is 35.0 Å². The molecular formula is C19H22N2O4. The van der Waals surface area contributed by atoms with Crippen LogP contribution in [0.4, 0.5) is 0 Å². The van der Waals surface area contributed by atoms with Gasteiger partial charge in [-0.2, -0.15) is 0 Å². The van der Waals surface area contributed by atoms with E-state index in [1.165, 1.54) is 5.56 Å². The van der Waals surface area contributed by atoms with Gasteiger partial charge in [-0.3, -0.25) is 9.59 Å². The van der Waals surface area contributed by atoms with Crippen molar-refractivity contribution >= 4 is 11.9 Å². The maximum absolute atomic E-state index is 12.3. The standard InChI is InChI=1S/C19H22N2O4/c1-13-17(14(2)25-20-13)12-24-19(23)16-10-18(22)21(11-16)9-8-15-6-4-3-5-7-15/h3-7,16H,8-12H2,1-2H3/t16-/m1/s1. The molecule has 1 aliphatic rings. The molecule has 6 heteroatoms. The van der Waals surface area contributed by atoms with Crippen molar-refractivity contribution in [3.8, 4) is 0 Å². The second-order valence-corrected chi connectivity index (χ2v) is 6.39. The van der Waals surface area contributed by atoms with Gasteiger partial charge in [0.25, 0.3) is 0 Å². The maximum atomic E-state index is 12.3. The van der Waals surface area contributed by atoms with Crippen LogP contribution in [0.2, 0.25) is 0 Å². The van der Waals surface area contributed by atoms with Crippen LogP contribution >= 0.6 is 0 Å². The average Bonchev–Trinajstić information content (AvgIpc) is 3.14. The summed E-state index contributed by atoms with van der Waals surface area (Å²) in [6.07, 6.45) is 1.00. The second-order valence-electron chi connectivity index (χ2n) is 6.39. The number of benzene rings is 1. The van der Waals surface area contributed by atoms with Crippen molar-refractivity contribution < 1.29 is 18.8 Å². The second kappa shape index (κ2) is 7.51. The van der Waals surface area contributed by atoms with Crippen molar-refractivity contribution in [1.29, 1.82) is 0 Å². The van der Waals surface area contributed by atoms with Crippen molar-refractivity contribution in [2.45, 2.75) is 33.3 Å². The van der Waals surface area contributed by atoms with Crippen LogP contribution in [0, 0.1) is 19.8 Å². The topological polar surface area (TPSA) is 72.6 Å². The van der Waals surface area contributed by atoms with Crippen LogP contribution in [0.5, 0.6) is 0 Å². The first kappa shape index (κ1) is 17.2. The lowest BCUT2D eigenvalue weighted by Crippen LogP contribution is -2.28. The number of nitrogens with zero attached hydrogens (tertiary/aromatic N) is 2. The number of aromatic nitrogens is 1. The van der Waals surface area contributed by atoms with Crippen molar-refractivity contribution in [3.05, 3.63) is 52.9 Å². The predicted octanol–water partition coefficient (Wildman–Crippen LogP) is 2.43. The molecule has 1 aliphatic heterocycles. The fourth-order valence-electron chi connectivity index (χ4n) is 3.02. The molecule has 1 aromatic heterocycles. The number of ether oxygens (including phenoxy) is 1.